The highest BCUT2D eigenvalue weighted by Gasteiger charge is 2.25. The molecule has 0 saturated carbocycles. The number of amides is 1. The summed E-state index contributed by atoms with van der Waals surface area (Å²) in [6.07, 6.45) is 0.401. The second-order valence-electron chi connectivity index (χ2n) is 4.62. The van der Waals surface area contributed by atoms with E-state index in [0.29, 0.717) is 6.61 Å². The Balaban J connectivity index is 1.74. The summed E-state index contributed by atoms with van der Waals surface area (Å²) in [5, 5.41) is 0. The molecule has 0 spiro atoms. The summed E-state index contributed by atoms with van der Waals surface area (Å²) in [6.45, 7) is 9.02. The van der Waals surface area contributed by atoms with Gasteiger partial charge in [0.15, 0.2) is 0 Å². The molecule has 2 saturated heterocycles. The highest BCUT2D eigenvalue weighted by molar-refractivity contribution is 5.69. The molecule has 0 radical (unpaired) electrons. The molecular weight excluding hydrogens is 208 g/mol. The van der Waals surface area contributed by atoms with Crippen LogP contribution in [-0.2, 0) is 9.47 Å². The van der Waals surface area contributed by atoms with Crippen molar-refractivity contribution >= 4 is 6.09 Å². The maximum atomic E-state index is 11.2. The van der Waals surface area contributed by atoms with E-state index in [1.54, 1.807) is 4.90 Å². The monoisotopic (exact) mass is 228 g/mol. The number of rotatable bonds is 3. The van der Waals surface area contributed by atoms with Crippen LogP contribution in [0.1, 0.15) is 13.8 Å². The van der Waals surface area contributed by atoms with Crippen LogP contribution in [0.15, 0.2) is 0 Å². The Kier molecular flexibility index (Phi) is 3.66. The smallest absolute Gasteiger partial charge is 0.409 e. The van der Waals surface area contributed by atoms with Crippen LogP contribution < -0.4 is 0 Å². The molecular formula is C11H20N2O3. The average Bonchev–Trinajstić information content (AvgIpc) is 2.59. The van der Waals surface area contributed by atoms with Crippen LogP contribution in [0.2, 0.25) is 0 Å². The molecule has 16 heavy (non-hydrogen) atoms. The van der Waals surface area contributed by atoms with Crippen molar-refractivity contribution in [3.63, 3.8) is 0 Å². The van der Waals surface area contributed by atoms with Crippen LogP contribution in [0.3, 0.4) is 0 Å². The maximum absolute atomic E-state index is 11.2. The Morgan fingerprint density at radius 1 is 1.25 bits per heavy atom. The molecule has 92 valence electrons. The number of cyclic esters (lactones) is 1. The molecule has 0 aromatic carbocycles. The third kappa shape index (κ3) is 2.86. The lowest BCUT2D eigenvalue weighted by molar-refractivity contribution is -0.0685. The summed E-state index contributed by atoms with van der Waals surface area (Å²) < 4.78 is 10.6. The molecule has 2 aliphatic heterocycles. The van der Waals surface area contributed by atoms with Gasteiger partial charge in [0.05, 0.1) is 18.8 Å². The van der Waals surface area contributed by atoms with E-state index in [1.807, 2.05) is 0 Å². The van der Waals surface area contributed by atoms with Crippen LogP contribution in [0, 0.1) is 0 Å². The molecule has 1 amide bonds. The standard InChI is InChI=1S/C11H20N2O3/c1-9-7-12(8-10(2)16-9)3-4-13-5-6-15-11(13)14/h9-10H,3-8H2,1-2H3. The molecule has 2 rings (SSSR count). The van der Waals surface area contributed by atoms with E-state index in [-0.39, 0.29) is 18.3 Å². The van der Waals surface area contributed by atoms with Gasteiger partial charge in [-0.25, -0.2) is 4.79 Å². The number of hydrogen-bond acceptors (Lipinski definition) is 4. The van der Waals surface area contributed by atoms with Crippen molar-refractivity contribution in [1.29, 1.82) is 0 Å². The summed E-state index contributed by atoms with van der Waals surface area (Å²) in [5.74, 6) is 0. The predicted molar refractivity (Wildman–Crippen MR) is 59.4 cm³/mol. The van der Waals surface area contributed by atoms with Crippen LogP contribution in [0.4, 0.5) is 4.79 Å². The number of carbonyl (C=O) groups is 1. The summed E-state index contributed by atoms with van der Waals surface area (Å²) in [5.41, 5.74) is 0. The SMILES string of the molecule is CC1CN(CCN2CCOC2=O)CC(C)O1. The third-order valence-corrected chi connectivity index (χ3v) is 3.03. The summed E-state index contributed by atoms with van der Waals surface area (Å²) in [7, 11) is 0. The van der Waals surface area contributed by atoms with Gasteiger partial charge in [-0.15, -0.1) is 0 Å². The van der Waals surface area contributed by atoms with E-state index < -0.39 is 0 Å². The van der Waals surface area contributed by atoms with E-state index in [1.165, 1.54) is 0 Å². The zero-order valence-corrected chi connectivity index (χ0v) is 10.0. The van der Waals surface area contributed by atoms with Crippen molar-refractivity contribution in [2.24, 2.45) is 0 Å². The van der Waals surface area contributed by atoms with Gasteiger partial charge in [-0.1, -0.05) is 0 Å². The van der Waals surface area contributed by atoms with E-state index in [9.17, 15) is 4.79 Å². The minimum absolute atomic E-state index is 0.172. The first kappa shape index (κ1) is 11.7. The van der Waals surface area contributed by atoms with Crippen molar-refractivity contribution in [3.05, 3.63) is 0 Å². The van der Waals surface area contributed by atoms with Gasteiger partial charge < -0.3 is 14.4 Å². The minimum Gasteiger partial charge on any atom is -0.448 e. The van der Waals surface area contributed by atoms with Crippen LogP contribution >= 0.6 is 0 Å². The lowest BCUT2D eigenvalue weighted by Crippen LogP contribution is -2.48. The number of morpholine rings is 1. The van der Waals surface area contributed by atoms with Crippen molar-refractivity contribution in [1.82, 2.24) is 9.80 Å². The second kappa shape index (κ2) is 5.01. The van der Waals surface area contributed by atoms with Crippen LogP contribution in [0.25, 0.3) is 0 Å². The fourth-order valence-corrected chi connectivity index (χ4v) is 2.36. The molecule has 0 N–H and O–H groups in total. The number of nitrogens with zero attached hydrogens (tertiary/aromatic N) is 2. The molecule has 2 heterocycles. The van der Waals surface area contributed by atoms with E-state index in [4.69, 9.17) is 9.47 Å². The van der Waals surface area contributed by atoms with Gasteiger partial charge in [0.2, 0.25) is 0 Å². The normalized spacial score (nSPS) is 31.9. The molecule has 2 fully saturated rings. The largest absolute Gasteiger partial charge is 0.448 e. The highest BCUT2D eigenvalue weighted by atomic mass is 16.6. The van der Waals surface area contributed by atoms with E-state index >= 15 is 0 Å². The molecule has 0 aromatic rings. The molecule has 5 heteroatoms. The van der Waals surface area contributed by atoms with Gasteiger partial charge in [-0.05, 0) is 13.8 Å². The molecule has 0 aromatic heterocycles. The Morgan fingerprint density at radius 2 is 1.94 bits per heavy atom. The van der Waals surface area contributed by atoms with Gasteiger partial charge in [0, 0.05) is 26.2 Å². The lowest BCUT2D eigenvalue weighted by Gasteiger charge is -2.35. The van der Waals surface area contributed by atoms with Crippen LogP contribution in [0.5, 0.6) is 0 Å². The summed E-state index contributed by atoms with van der Waals surface area (Å²) in [6, 6.07) is 0. The topological polar surface area (TPSA) is 42.0 Å². The molecule has 2 unspecified atom stereocenters. The third-order valence-electron chi connectivity index (χ3n) is 3.03. The van der Waals surface area contributed by atoms with E-state index in [0.717, 1.165) is 32.7 Å². The highest BCUT2D eigenvalue weighted by Crippen LogP contribution is 2.11. The van der Waals surface area contributed by atoms with Gasteiger partial charge in [0.1, 0.15) is 6.61 Å². The Labute approximate surface area is 96.3 Å². The average molecular weight is 228 g/mol. The predicted octanol–water partition coefficient (Wildman–Crippen LogP) is 0.548. The van der Waals surface area contributed by atoms with Crippen molar-refractivity contribution in [3.8, 4) is 0 Å². The lowest BCUT2D eigenvalue weighted by atomic mass is 10.2. The Morgan fingerprint density at radius 3 is 2.50 bits per heavy atom. The Bertz CT molecular complexity index is 250. The van der Waals surface area contributed by atoms with Gasteiger partial charge in [0.25, 0.3) is 0 Å². The van der Waals surface area contributed by atoms with Crippen molar-refractivity contribution in [2.75, 3.05) is 39.3 Å². The number of ether oxygens (including phenoxy) is 2. The summed E-state index contributed by atoms with van der Waals surface area (Å²) >= 11 is 0. The maximum Gasteiger partial charge on any atom is 0.409 e. The minimum atomic E-state index is -0.172. The zero-order valence-electron chi connectivity index (χ0n) is 10.0. The Hall–Kier alpha value is -0.810. The first-order valence-corrected chi connectivity index (χ1v) is 5.94. The first-order valence-electron chi connectivity index (χ1n) is 5.94. The van der Waals surface area contributed by atoms with E-state index in [2.05, 4.69) is 18.7 Å². The fourth-order valence-electron chi connectivity index (χ4n) is 2.36. The number of carbonyl (C=O) groups excluding carboxylic acids is 1. The number of hydrogen-bond donors (Lipinski definition) is 0. The van der Waals surface area contributed by atoms with Crippen molar-refractivity contribution < 1.29 is 14.3 Å². The molecule has 0 bridgehead atoms. The molecule has 5 nitrogen and oxygen atoms in total. The molecule has 2 aliphatic rings. The molecule has 2 atom stereocenters. The van der Waals surface area contributed by atoms with Gasteiger partial charge in [-0.3, -0.25) is 4.90 Å². The first-order chi connectivity index (χ1) is 7.65. The van der Waals surface area contributed by atoms with Gasteiger partial charge in [-0.2, -0.15) is 0 Å². The van der Waals surface area contributed by atoms with Crippen LogP contribution in [-0.4, -0.2) is 67.4 Å². The second-order valence-corrected chi connectivity index (χ2v) is 4.62. The quantitative estimate of drug-likeness (QED) is 0.707. The zero-order chi connectivity index (χ0) is 11.5. The van der Waals surface area contributed by atoms with Crippen molar-refractivity contribution in [2.45, 2.75) is 26.1 Å². The van der Waals surface area contributed by atoms with Gasteiger partial charge >= 0.3 is 6.09 Å². The summed E-state index contributed by atoms with van der Waals surface area (Å²) in [4.78, 5) is 15.4. The fraction of sp³-hybridized carbons (Fsp3) is 0.909. The molecule has 0 aliphatic carbocycles.